The van der Waals surface area contributed by atoms with Crippen LogP contribution in [0.3, 0.4) is 0 Å². The lowest BCUT2D eigenvalue weighted by molar-refractivity contribution is 0.792. The molecule has 0 fully saturated rings. The van der Waals surface area contributed by atoms with Gasteiger partial charge < -0.3 is 15.1 Å². The fourth-order valence-electron chi connectivity index (χ4n) is 14.9. The summed E-state index contributed by atoms with van der Waals surface area (Å²) in [6.45, 7) is 24.0. The maximum Gasteiger partial charge on any atom is 0.0727 e. The molecule has 0 amide bonds. The van der Waals surface area contributed by atoms with Gasteiger partial charge in [0.2, 0.25) is 0 Å². The third kappa shape index (κ3) is 14.4. The number of halogens is 2. The van der Waals surface area contributed by atoms with E-state index in [2.05, 4.69) is 338 Å². The van der Waals surface area contributed by atoms with Gasteiger partial charge in [-0.25, -0.2) is 0 Å². The van der Waals surface area contributed by atoms with Crippen molar-refractivity contribution in [2.24, 2.45) is 0 Å². The molecular formula is C98H95Br2N3. The second-order valence-electron chi connectivity index (χ2n) is 23.4. The van der Waals surface area contributed by atoms with Gasteiger partial charge in [-0.15, -0.1) is 0 Å². The van der Waals surface area contributed by atoms with Crippen molar-refractivity contribution >= 4 is 77.4 Å². The van der Waals surface area contributed by atoms with Crippen LogP contribution in [-0.4, -0.2) is 0 Å². The predicted octanol–water partition coefficient (Wildman–Crippen LogP) is 30.1. The van der Waals surface area contributed by atoms with Crippen LogP contribution in [0.5, 0.6) is 0 Å². The topological polar surface area (TPSA) is 18.5 Å². The van der Waals surface area contributed by atoms with E-state index in [-0.39, 0.29) is 5.41 Å². The molecule has 14 aromatic rings. The maximum absolute atomic E-state index is 3.73. The van der Waals surface area contributed by atoms with Crippen LogP contribution in [0.4, 0.5) is 45.5 Å². The van der Waals surface area contributed by atoms with E-state index in [1.54, 1.807) is 0 Å². The van der Waals surface area contributed by atoms with E-state index in [1.807, 2.05) is 144 Å². The first-order valence-electron chi connectivity index (χ1n) is 36.9. The van der Waals surface area contributed by atoms with Gasteiger partial charge in [0.15, 0.2) is 0 Å². The standard InChI is InChI=1S/C49H34N2.C25H14Br2.C12H11N.6C2H6/c1-5-17-35(18-6-1)50(36-19-7-2-8-20-36)39-29-31-43-44-32-30-40(51(37-21-9-3-10-22-37)38-23-11-4-12-24-38)34-48(44)49(47(43)33-39)45-27-15-13-25-41(45)42-26-14-16-28-46(42)49;26-15-9-11-19-20-12-10-16(27)14-24(20)25(23(19)13-15)21-7-3-1-5-17(21)18-6-2-4-8-22(18)25;1-3-7-11(8-4-1)13-12-9-5-2-6-10-12;6*1-2/h1-34H;1-14H;1-10,13H;6*1-2H3. The van der Waals surface area contributed by atoms with Crippen LogP contribution < -0.4 is 15.1 Å². The van der Waals surface area contributed by atoms with Crippen molar-refractivity contribution in [1.29, 1.82) is 0 Å². The highest BCUT2D eigenvalue weighted by molar-refractivity contribution is 9.10. The Morgan fingerprint density at radius 3 is 0.660 bits per heavy atom. The molecule has 5 heteroatoms. The van der Waals surface area contributed by atoms with E-state index in [1.165, 1.54) is 89.0 Å². The summed E-state index contributed by atoms with van der Waals surface area (Å²) in [5, 5.41) is 3.30. The zero-order chi connectivity index (χ0) is 72.9. The first-order chi connectivity index (χ1) is 51.0. The minimum Gasteiger partial charge on any atom is -0.356 e. The molecule has 0 bridgehead atoms. The van der Waals surface area contributed by atoms with Crippen LogP contribution in [0.15, 0.2) is 361 Å². The quantitative estimate of drug-likeness (QED) is 0.164. The van der Waals surface area contributed by atoms with Crippen LogP contribution in [0.2, 0.25) is 0 Å². The third-order valence-corrected chi connectivity index (χ3v) is 19.5. The Kier molecular flexibility index (Phi) is 26.1. The number of rotatable bonds is 8. The largest absolute Gasteiger partial charge is 0.356 e. The van der Waals surface area contributed by atoms with Crippen LogP contribution in [-0.2, 0) is 10.8 Å². The van der Waals surface area contributed by atoms with E-state index in [9.17, 15) is 0 Å². The normalized spacial score (nSPS) is 11.7. The zero-order valence-electron chi connectivity index (χ0n) is 61.6. The van der Waals surface area contributed by atoms with Crippen molar-refractivity contribution < 1.29 is 0 Å². The van der Waals surface area contributed by atoms with Gasteiger partial charge >= 0.3 is 0 Å². The Balaban J connectivity index is 0.000000182. The molecule has 4 aliphatic carbocycles. The lowest BCUT2D eigenvalue weighted by Gasteiger charge is -2.33. The van der Waals surface area contributed by atoms with Crippen molar-refractivity contribution in [3.8, 4) is 44.5 Å². The summed E-state index contributed by atoms with van der Waals surface area (Å²) in [5.41, 5.74) is 29.5. The molecule has 0 saturated carbocycles. The lowest BCUT2D eigenvalue weighted by Crippen LogP contribution is -2.26. The highest BCUT2D eigenvalue weighted by atomic mass is 79.9. The Hall–Kier alpha value is -10.6. The number of hydrogen-bond acceptors (Lipinski definition) is 3. The molecule has 2 spiro atoms. The Morgan fingerprint density at radius 2 is 0.398 bits per heavy atom. The molecule has 0 saturated heterocycles. The molecule has 0 aliphatic heterocycles. The number of para-hydroxylation sites is 6. The summed E-state index contributed by atoms with van der Waals surface area (Å²) in [7, 11) is 0. The molecule has 516 valence electrons. The Labute approximate surface area is 631 Å². The smallest absolute Gasteiger partial charge is 0.0727 e. The molecule has 14 aromatic carbocycles. The van der Waals surface area contributed by atoms with Gasteiger partial charge in [-0.1, -0.05) is 345 Å². The van der Waals surface area contributed by atoms with Gasteiger partial charge in [0.05, 0.1) is 10.8 Å². The first kappa shape index (κ1) is 75.1. The molecule has 3 nitrogen and oxygen atoms in total. The highest BCUT2D eigenvalue weighted by Crippen LogP contribution is 2.65. The number of hydrogen-bond donors (Lipinski definition) is 1. The Bertz CT molecular complexity index is 4600. The second-order valence-corrected chi connectivity index (χ2v) is 25.2. The molecule has 0 atom stereocenters. The van der Waals surface area contributed by atoms with Crippen molar-refractivity contribution in [2.75, 3.05) is 15.1 Å². The maximum atomic E-state index is 3.73. The minimum atomic E-state index is -0.498. The molecule has 0 heterocycles. The van der Waals surface area contributed by atoms with E-state index in [0.29, 0.717) is 0 Å². The molecule has 0 aromatic heterocycles. The molecule has 1 N–H and O–H groups in total. The highest BCUT2D eigenvalue weighted by Gasteiger charge is 2.53. The predicted molar refractivity (Wildman–Crippen MR) is 455 cm³/mol. The fraction of sp³-hybridized carbons (Fsp3) is 0.143. The summed E-state index contributed by atoms with van der Waals surface area (Å²) in [6, 6.07) is 127. The fourth-order valence-corrected chi connectivity index (χ4v) is 15.6. The number of nitrogens with one attached hydrogen (secondary N) is 1. The average Bonchev–Trinajstić information content (AvgIpc) is 1.52. The number of fused-ring (bicyclic) bond motifs is 20. The van der Waals surface area contributed by atoms with Crippen LogP contribution in [0, 0.1) is 0 Å². The van der Waals surface area contributed by atoms with Gasteiger partial charge in [-0.3, -0.25) is 0 Å². The van der Waals surface area contributed by atoms with Gasteiger partial charge in [0.1, 0.15) is 0 Å². The molecule has 103 heavy (non-hydrogen) atoms. The van der Waals surface area contributed by atoms with Crippen molar-refractivity contribution in [1.82, 2.24) is 0 Å². The Morgan fingerprint density at radius 1 is 0.194 bits per heavy atom. The molecule has 4 aliphatic rings. The average molecular weight is 1470 g/mol. The molecule has 0 unspecified atom stereocenters. The molecule has 18 rings (SSSR count). The van der Waals surface area contributed by atoms with Gasteiger partial charge in [-0.2, -0.15) is 0 Å². The van der Waals surface area contributed by atoms with Crippen LogP contribution in [0.25, 0.3) is 44.5 Å². The van der Waals surface area contributed by atoms with Crippen LogP contribution in [0.1, 0.15) is 128 Å². The number of benzene rings is 14. The molecule has 0 radical (unpaired) electrons. The van der Waals surface area contributed by atoms with Crippen molar-refractivity contribution in [3.63, 3.8) is 0 Å². The molecular weight excluding hydrogens is 1380 g/mol. The van der Waals surface area contributed by atoms with E-state index in [4.69, 9.17) is 0 Å². The summed E-state index contributed by atoms with van der Waals surface area (Å²) in [6.07, 6.45) is 0. The summed E-state index contributed by atoms with van der Waals surface area (Å²) in [4.78, 5) is 4.75. The summed E-state index contributed by atoms with van der Waals surface area (Å²) >= 11 is 7.45. The summed E-state index contributed by atoms with van der Waals surface area (Å²) in [5.74, 6) is 0. The minimum absolute atomic E-state index is 0.259. The number of nitrogens with zero attached hydrogens (tertiary/aromatic N) is 2. The monoisotopic (exact) mass is 1470 g/mol. The zero-order valence-corrected chi connectivity index (χ0v) is 64.8. The van der Waals surface area contributed by atoms with Crippen molar-refractivity contribution in [3.05, 3.63) is 405 Å². The van der Waals surface area contributed by atoms with E-state index >= 15 is 0 Å². The van der Waals surface area contributed by atoms with E-state index < -0.39 is 5.41 Å². The van der Waals surface area contributed by atoms with E-state index in [0.717, 1.165) is 54.4 Å². The second kappa shape index (κ2) is 35.8. The van der Waals surface area contributed by atoms with Crippen LogP contribution >= 0.6 is 31.9 Å². The summed E-state index contributed by atoms with van der Waals surface area (Å²) < 4.78 is 2.24. The van der Waals surface area contributed by atoms with Gasteiger partial charge in [0, 0.05) is 54.4 Å². The van der Waals surface area contributed by atoms with Crippen molar-refractivity contribution in [2.45, 2.75) is 93.9 Å². The third-order valence-electron chi connectivity index (χ3n) is 18.5. The SMILES string of the molecule is Brc1ccc2c(c1)C1(c3ccccc3-c3ccccc31)c1cc(Br)ccc1-2.CC.CC.CC.CC.CC.CC.c1ccc(N(c2ccccc2)c2ccc3c(c2)C2(c4ccccc4-c4ccccc42)c2cc(N(c4ccccc4)c4ccccc4)ccc2-3)cc1.c1ccc(Nc2ccccc2)cc1. The van der Waals surface area contributed by atoms with Gasteiger partial charge in [-0.05, 0) is 210 Å². The van der Waals surface area contributed by atoms with Gasteiger partial charge in [0.25, 0.3) is 0 Å². The number of anilines is 8. The lowest BCUT2D eigenvalue weighted by atomic mass is 9.70. The first-order valence-corrected chi connectivity index (χ1v) is 38.5.